The summed E-state index contributed by atoms with van der Waals surface area (Å²) in [7, 11) is 0. The minimum absolute atomic E-state index is 0.846. The first-order valence-corrected chi connectivity index (χ1v) is 8.18. The van der Waals surface area contributed by atoms with Crippen LogP contribution in [0.3, 0.4) is 0 Å². The molecule has 0 aromatic heterocycles. The molecule has 1 heterocycles. The van der Waals surface area contributed by atoms with Gasteiger partial charge in [0, 0.05) is 19.3 Å². The summed E-state index contributed by atoms with van der Waals surface area (Å²) in [6, 6.07) is 21.5. The Morgan fingerprint density at radius 1 is 0.773 bits per heavy atom. The maximum Gasteiger partial charge on any atom is 0.0590 e. The van der Waals surface area contributed by atoms with Crippen LogP contribution in [0.1, 0.15) is 24.0 Å². The zero-order valence-electron chi connectivity index (χ0n) is 12.9. The number of hydrazine groups is 1. The van der Waals surface area contributed by atoms with Gasteiger partial charge in [-0.15, -0.1) is 0 Å². The normalized spacial score (nSPS) is 18.5. The van der Waals surface area contributed by atoms with Crippen molar-refractivity contribution >= 4 is 0 Å². The molecule has 112 valence electrons. The van der Waals surface area contributed by atoms with Crippen LogP contribution in [0.2, 0.25) is 0 Å². The molecule has 1 aliphatic carbocycles. The third-order valence-corrected chi connectivity index (χ3v) is 4.54. The molecule has 2 aromatic rings. The molecule has 2 aliphatic rings. The molecule has 1 aliphatic heterocycles. The average molecular weight is 290 g/mol. The minimum Gasteiger partial charge on any atom is -0.308 e. The highest BCUT2D eigenvalue weighted by Gasteiger charge is 2.32. The largest absolute Gasteiger partial charge is 0.308 e. The van der Waals surface area contributed by atoms with E-state index in [1.165, 1.54) is 24.0 Å². The Kier molecular flexibility index (Phi) is 3.69. The molecule has 0 amide bonds. The number of benzene rings is 2. The van der Waals surface area contributed by atoms with Gasteiger partial charge in [-0.1, -0.05) is 60.7 Å². The molecule has 2 heteroatoms. The van der Waals surface area contributed by atoms with Crippen LogP contribution in [-0.4, -0.2) is 16.6 Å². The van der Waals surface area contributed by atoms with E-state index >= 15 is 0 Å². The molecular weight excluding hydrogens is 268 g/mol. The molecule has 4 rings (SSSR count). The molecule has 2 aromatic carbocycles. The van der Waals surface area contributed by atoms with Crippen molar-refractivity contribution in [2.75, 3.05) is 6.54 Å². The smallest absolute Gasteiger partial charge is 0.0590 e. The first kappa shape index (κ1) is 13.6. The predicted molar refractivity (Wildman–Crippen MR) is 89.6 cm³/mol. The fraction of sp³-hybridized carbons (Fsp3) is 0.300. The Balaban J connectivity index is 1.51. The molecule has 0 atom stereocenters. The molecule has 1 saturated carbocycles. The van der Waals surface area contributed by atoms with Gasteiger partial charge in [0.25, 0.3) is 0 Å². The second kappa shape index (κ2) is 5.98. The van der Waals surface area contributed by atoms with E-state index in [9.17, 15) is 0 Å². The summed E-state index contributed by atoms with van der Waals surface area (Å²) >= 11 is 0. The van der Waals surface area contributed by atoms with E-state index in [0.29, 0.717) is 0 Å². The minimum atomic E-state index is 0.846. The molecule has 0 radical (unpaired) electrons. The highest BCUT2D eigenvalue weighted by molar-refractivity contribution is 5.22. The lowest BCUT2D eigenvalue weighted by Gasteiger charge is -2.29. The first-order valence-electron chi connectivity index (χ1n) is 8.18. The Labute approximate surface area is 132 Å². The molecule has 1 fully saturated rings. The van der Waals surface area contributed by atoms with Gasteiger partial charge in [-0.3, -0.25) is 0 Å². The lowest BCUT2D eigenvalue weighted by Crippen LogP contribution is -2.34. The average Bonchev–Trinajstić information content (AvgIpc) is 3.34. The lowest BCUT2D eigenvalue weighted by molar-refractivity contribution is 0.0347. The van der Waals surface area contributed by atoms with Gasteiger partial charge in [0.1, 0.15) is 0 Å². The van der Waals surface area contributed by atoms with Gasteiger partial charge in [-0.25, -0.2) is 5.01 Å². The van der Waals surface area contributed by atoms with Gasteiger partial charge >= 0.3 is 0 Å². The van der Waals surface area contributed by atoms with Crippen LogP contribution in [0.15, 0.2) is 72.4 Å². The van der Waals surface area contributed by atoms with Gasteiger partial charge in [-0.05, 0) is 35.5 Å². The van der Waals surface area contributed by atoms with Crippen LogP contribution in [0.4, 0.5) is 0 Å². The Bertz CT molecular complexity index is 644. The van der Waals surface area contributed by atoms with Crippen molar-refractivity contribution in [3.63, 3.8) is 0 Å². The lowest BCUT2D eigenvalue weighted by atomic mass is 10.2. The maximum atomic E-state index is 2.48. The van der Waals surface area contributed by atoms with E-state index in [1.807, 2.05) is 0 Å². The zero-order chi connectivity index (χ0) is 14.8. The van der Waals surface area contributed by atoms with Gasteiger partial charge in [0.05, 0.1) is 6.54 Å². The van der Waals surface area contributed by atoms with Crippen molar-refractivity contribution in [2.45, 2.75) is 25.9 Å². The van der Waals surface area contributed by atoms with E-state index in [1.54, 1.807) is 5.57 Å². The number of rotatable bonds is 5. The van der Waals surface area contributed by atoms with Crippen molar-refractivity contribution < 1.29 is 0 Å². The van der Waals surface area contributed by atoms with Crippen molar-refractivity contribution in [1.29, 1.82) is 0 Å². The fourth-order valence-corrected chi connectivity index (χ4v) is 3.16. The van der Waals surface area contributed by atoms with Crippen LogP contribution >= 0.6 is 0 Å². The summed E-state index contributed by atoms with van der Waals surface area (Å²) in [6.07, 6.45) is 5.15. The SMILES string of the molecule is C1=C(C2CC2)CN(Cc2ccccc2)N1Cc1ccccc1. The van der Waals surface area contributed by atoms with Gasteiger partial charge in [0.2, 0.25) is 0 Å². The Morgan fingerprint density at radius 3 is 1.95 bits per heavy atom. The third kappa shape index (κ3) is 3.07. The van der Waals surface area contributed by atoms with E-state index in [-0.39, 0.29) is 0 Å². The summed E-state index contributed by atoms with van der Waals surface area (Å²) in [4.78, 5) is 0. The molecule has 22 heavy (non-hydrogen) atoms. The van der Waals surface area contributed by atoms with E-state index in [4.69, 9.17) is 0 Å². The first-order chi connectivity index (χ1) is 10.9. The summed E-state index contributed by atoms with van der Waals surface area (Å²) in [5.41, 5.74) is 4.37. The number of hydrogen-bond donors (Lipinski definition) is 0. The van der Waals surface area contributed by atoms with Crippen LogP contribution in [0, 0.1) is 5.92 Å². The standard InChI is InChI=1S/C20H22N2/c1-3-7-17(8-4-1)13-21-15-20(19-11-12-19)16-22(21)14-18-9-5-2-6-10-18/h1-10,15,19H,11-14,16H2. The highest BCUT2D eigenvalue weighted by atomic mass is 15.6. The fourth-order valence-electron chi connectivity index (χ4n) is 3.16. The molecule has 0 unspecified atom stereocenters. The molecule has 0 N–H and O–H groups in total. The highest BCUT2D eigenvalue weighted by Crippen LogP contribution is 2.39. The predicted octanol–water partition coefficient (Wildman–Crippen LogP) is 4.21. The molecular formula is C20H22N2. The number of nitrogens with zero attached hydrogens (tertiary/aromatic N) is 2. The Morgan fingerprint density at radius 2 is 1.36 bits per heavy atom. The maximum absolute atomic E-state index is 2.48. The topological polar surface area (TPSA) is 6.48 Å². The van der Waals surface area contributed by atoms with Crippen LogP contribution < -0.4 is 0 Å². The van der Waals surface area contributed by atoms with Gasteiger partial charge in [0.15, 0.2) is 0 Å². The Hall–Kier alpha value is -2.06. The van der Waals surface area contributed by atoms with Gasteiger partial charge in [-0.2, -0.15) is 0 Å². The van der Waals surface area contributed by atoms with Crippen molar-refractivity contribution in [1.82, 2.24) is 10.0 Å². The summed E-state index contributed by atoms with van der Waals surface area (Å²) in [5, 5.41) is 4.89. The van der Waals surface area contributed by atoms with Crippen molar-refractivity contribution in [3.8, 4) is 0 Å². The zero-order valence-corrected chi connectivity index (χ0v) is 12.9. The molecule has 0 saturated heterocycles. The van der Waals surface area contributed by atoms with Crippen molar-refractivity contribution in [3.05, 3.63) is 83.6 Å². The number of hydrogen-bond acceptors (Lipinski definition) is 2. The van der Waals surface area contributed by atoms with E-state index in [0.717, 1.165) is 25.6 Å². The summed E-state index contributed by atoms with van der Waals surface area (Å²) in [6.45, 7) is 3.04. The van der Waals surface area contributed by atoms with Crippen LogP contribution in [-0.2, 0) is 13.1 Å². The molecule has 0 bridgehead atoms. The second-order valence-electron chi connectivity index (χ2n) is 6.37. The monoisotopic (exact) mass is 290 g/mol. The van der Waals surface area contributed by atoms with E-state index < -0.39 is 0 Å². The quantitative estimate of drug-likeness (QED) is 0.813. The van der Waals surface area contributed by atoms with Crippen molar-refractivity contribution in [2.24, 2.45) is 5.92 Å². The van der Waals surface area contributed by atoms with E-state index in [2.05, 4.69) is 76.9 Å². The summed E-state index contributed by atoms with van der Waals surface area (Å²) < 4.78 is 0. The van der Waals surface area contributed by atoms with Gasteiger partial charge < -0.3 is 5.01 Å². The molecule has 0 spiro atoms. The van der Waals surface area contributed by atoms with Crippen LogP contribution in [0.25, 0.3) is 0 Å². The summed E-state index contributed by atoms with van der Waals surface area (Å²) in [5.74, 6) is 0.846. The third-order valence-electron chi connectivity index (χ3n) is 4.54. The molecule has 2 nitrogen and oxygen atoms in total. The second-order valence-corrected chi connectivity index (χ2v) is 6.37. The van der Waals surface area contributed by atoms with Crippen LogP contribution in [0.5, 0.6) is 0 Å².